The Balaban J connectivity index is 2.75. The fourth-order valence-electron chi connectivity index (χ4n) is 1.01. The van der Waals surface area contributed by atoms with Crippen molar-refractivity contribution >= 4 is 38.9 Å². The molecule has 1 aromatic heterocycles. The van der Waals surface area contributed by atoms with Gasteiger partial charge >= 0.3 is 0 Å². The summed E-state index contributed by atoms with van der Waals surface area (Å²) in [6.07, 6.45) is 0.861. The number of hydrogen-bond donors (Lipinski definition) is 1. The van der Waals surface area contributed by atoms with Gasteiger partial charge in [-0.1, -0.05) is 25.4 Å². The van der Waals surface area contributed by atoms with E-state index in [0.29, 0.717) is 0 Å². The number of halogens is 2. The monoisotopic (exact) mass is 282 g/mol. The van der Waals surface area contributed by atoms with E-state index in [9.17, 15) is 0 Å². The Hall–Kier alpha value is 0.430. The zero-order valence-corrected chi connectivity index (χ0v) is 10.8. The van der Waals surface area contributed by atoms with E-state index in [0.717, 1.165) is 15.2 Å². The maximum absolute atomic E-state index is 9.09. The zero-order chi connectivity index (χ0) is 10.1. The molecule has 0 unspecified atom stereocenters. The average Bonchev–Trinajstić information content (AvgIpc) is 2.30. The van der Waals surface area contributed by atoms with Crippen LogP contribution in [-0.4, -0.2) is 11.7 Å². The maximum Gasteiger partial charge on any atom is 0.107 e. The smallest absolute Gasteiger partial charge is 0.107 e. The van der Waals surface area contributed by atoms with Crippen molar-refractivity contribution in [3.63, 3.8) is 0 Å². The Labute approximate surface area is 95.9 Å². The molecule has 0 aliphatic heterocycles. The van der Waals surface area contributed by atoms with Gasteiger partial charge in [0.1, 0.15) is 4.34 Å². The molecule has 0 aliphatic rings. The summed E-state index contributed by atoms with van der Waals surface area (Å²) >= 11 is 10.8. The number of aliphatic hydroxyl groups excluding tert-OH is 1. The van der Waals surface area contributed by atoms with Gasteiger partial charge in [0.05, 0.1) is 0 Å². The van der Waals surface area contributed by atoms with E-state index in [1.807, 2.05) is 19.9 Å². The fraction of sp³-hybridized carbons (Fsp3) is 0.556. The summed E-state index contributed by atoms with van der Waals surface area (Å²) in [6.45, 7) is 4.27. The van der Waals surface area contributed by atoms with Gasteiger partial charge in [-0.05, 0) is 33.8 Å². The quantitative estimate of drug-likeness (QED) is 0.896. The van der Waals surface area contributed by atoms with Crippen LogP contribution >= 0.6 is 38.9 Å². The van der Waals surface area contributed by atoms with Crippen LogP contribution in [0.5, 0.6) is 0 Å². The van der Waals surface area contributed by atoms with Crippen molar-refractivity contribution in [3.05, 3.63) is 19.8 Å². The average molecular weight is 284 g/mol. The van der Waals surface area contributed by atoms with E-state index in [4.69, 9.17) is 16.7 Å². The molecule has 0 saturated carbocycles. The molecular formula is C9H12BrClOS. The lowest BCUT2D eigenvalue weighted by atomic mass is 9.90. The van der Waals surface area contributed by atoms with Crippen molar-refractivity contribution in [2.75, 3.05) is 6.61 Å². The third kappa shape index (κ3) is 3.24. The predicted molar refractivity (Wildman–Crippen MR) is 61.6 cm³/mol. The highest BCUT2D eigenvalue weighted by Crippen LogP contribution is 2.35. The van der Waals surface area contributed by atoms with E-state index in [-0.39, 0.29) is 12.0 Å². The molecule has 0 spiro atoms. The molecule has 0 saturated heterocycles. The van der Waals surface area contributed by atoms with Crippen molar-refractivity contribution in [3.8, 4) is 0 Å². The fourth-order valence-corrected chi connectivity index (χ4v) is 3.05. The summed E-state index contributed by atoms with van der Waals surface area (Å²) in [4.78, 5) is 1.20. The van der Waals surface area contributed by atoms with Gasteiger partial charge in [0.2, 0.25) is 0 Å². The molecule has 0 bridgehead atoms. The third-order valence-electron chi connectivity index (χ3n) is 1.78. The molecule has 1 nitrogen and oxygen atoms in total. The molecule has 1 heterocycles. The maximum atomic E-state index is 9.09. The largest absolute Gasteiger partial charge is 0.396 e. The molecule has 0 fully saturated rings. The Kier molecular flexibility index (Phi) is 3.81. The summed E-state index contributed by atoms with van der Waals surface area (Å²) in [5.74, 6) is 0. The number of aliphatic hydroxyl groups is 1. The minimum absolute atomic E-state index is 0.0619. The van der Waals surface area contributed by atoms with Crippen LogP contribution in [0.25, 0.3) is 0 Å². The molecule has 0 aliphatic carbocycles. The first kappa shape index (κ1) is 11.5. The first-order chi connectivity index (χ1) is 5.94. The molecule has 0 aromatic carbocycles. The van der Waals surface area contributed by atoms with Gasteiger partial charge in [-0.15, -0.1) is 11.3 Å². The van der Waals surface area contributed by atoms with Gasteiger partial charge < -0.3 is 5.11 Å². The van der Waals surface area contributed by atoms with Crippen LogP contribution in [0, 0.1) is 5.41 Å². The molecular weight excluding hydrogens is 272 g/mol. The van der Waals surface area contributed by atoms with Gasteiger partial charge in [0.15, 0.2) is 0 Å². The van der Waals surface area contributed by atoms with Crippen molar-refractivity contribution in [2.24, 2.45) is 5.41 Å². The van der Waals surface area contributed by atoms with Gasteiger partial charge in [-0.3, -0.25) is 0 Å². The summed E-state index contributed by atoms with van der Waals surface area (Å²) in [5, 5.41) is 9.09. The second-order valence-corrected chi connectivity index (χ2v) is 6.43. The minimum atomic E-state index is -0.0619. The van der Waals surface area contributed by atoms with Crippen LogP contribution in [0.4, 0.5) is 0 Å². The lowest BCUT2D eigenvalue weighted by Crippen LogP contribution is -2.18. The standard InChI is InChI=1S/C9H12BrClOS/c1-9(2,5-12)4-6-3-7(10)8(11)13-6/h3,12H,4-5H2,1-2H3. The van der Waals surface area contributed by atoms with Crippen LogP contribution in [0.3, 0.4) is 0 Å². The number of rotatable bonds is 3. The van der Waals surface area contributed by atoms with E-state index in [1.54, 1.807) is 11.3 Å². The third-order valence-corrected chi connectivity index (χ3v) is 4.25. The van der Waals surface area contributed by atoms with E-state index >= 15 is 0 Å². The second-order valence-electron chi connectivity index (χ2n) is 3.83. The highest BCUT2D eigenvalue weighted by atomic mass is 79.9. The lowest BCUT2D eigenvalue weighted by molar-refractivity contribution is 0.160. The summed E-state index contributed by atoms with van der Waals surface area (Å²) in [5.41, 5.74) is -0.0619. The van der Waals surface area contributed by atoms with Gasteiger partial charge in [-0.2, -0.15) is 0 Å². The molecule has 0 atom stereocenters. The van der Waals surface area contributed by atoms with Gasteiger partial charge in [-0.25, -0.2) is 0 Å². The normalized spacial score (nSPS) is 12.1. The van der Waals surface area contributed by atoms with Crippen LogP contribution in [-0.2, 0) is 6.42 Å². The molecule has 4 heteroatoms. The van der Waals surface area contributed by atoms with Crippen LogP contribution < -0.4 is 0 Å². The van der Waals surface area contributed by atoms with Crippen molar-refractivity contribution in [1.82, 2.24) is 0 Å². The number of thiophene rings is 1. The topological polar surface area (TPSA) is 20.2 Å². The zero-order valence-electron chi connectivity index (χ0n) is 7.60. The van der Waals surface area contributed by atoms with Crippen molar-refractivity contribution in [2.45, 2.75) is 20.3 Å². The predicted octanol–water partition coefficient (Wildman–Crippen LogP) is 3.73. The summed E-state index contributed by atoms with van der Waals surface area (Å²) in [6, 6.07) is 2.02. The van der Waals surface area contributed by atoms with Crippen LogP contribution in [0.15, 0.2) is 10.5 Å². The lowest BCUT2D eigenvalue weighted by Gasteiger charge is -2.19. The Morgan fingerprint density at radius 1 is 1.62 bits per heavy atom. The molecule has 74 valence electrons. The molecule has 0 radical (unpaired) electrons. The van der Waals surface area contributed by atoms with Gasteiger partial charge in [0.25, 0.3) is 0 Å². The van der Waals surface area contributed by atoms with Gasteiger partial charge in [0, 0.05) is 16.0 Å². The van der Waals surface area contributed by atoms with Crippen LogP contribution in [0.2, 0.25) is 4.34 Å². The molecule has 0 amide bonds. The van der Waals surface area contributed by atoms with Crippen molar-refractivity contribution < 1.29 is 5.11 Å². The summed E-state index contributed by atoms with van der Waals surface area (Å²) < 4.78 is 1.73. The van der Waals surface area contributed by atoms with E-state index < -0.39 is 0 Å². The minimum Gasteiger partial charge on any atom is -0.396 e. The highest BCUT2D eigenvalue weighted by molar-refractivity contribution is 9.10. The first-order valence-electron chi connectivity index (χ1n) is 3.99. The molecule has 1 N–H and O–H groups in total. The highest BCUT2D eigenvalue weighted by Gasteiger charge is 2.19. The SMILES string of the molecule is CC(C)(CO)Cc1cc(Br)c(Cl)s1. The summed E-state index contributed by atoms with van der Waals surface area (Å²) in [7, 11) is 0. The van der Waals surface area contributed by atoms with E-state index in [1.165, 1.54) is 4.88 Å². The van der Waals surface area contributed by atoms with E-state index in [2.05, 4.69) is 15.9 Å². The van der Waals surface area contributed by atoms with Crippen LogP contribution in [0.1, 0.15) is 18.7 Å². The van der Waals surface area contributed by atoms with Crippen molar-refractivity contribution in [1.29, 1.82) is 0 Å². The Bertz CT molecular complexity index is 276. The first-order valence-corrected chi connectivity index (χ1v) is 5.98. The molecule has 1 aromatic rings. The second kappa shape index (κ2) is 4.30. The Morgan fingerprint density at radius 2 is 2.23 bits per heavy atom. The number of hydrogen-bond acceptors (Lipinski definition) is 2. The molecule has 13 heavy (non-hydrogen) atoms. The Morgan fingerprint density at radius 3 is 2.62 bits per heavy atom. The molecule has 1 rings (SSSR count).